The quantitative estimate of drug-likeness (QED) is 0.612. The summed E-state index contributed by atoms with van der Waals surface area (Å²) in [6.07, 6.45) is 0. The van der Waals surface area contributed by atoms with Gasteiger partial charge in [0.1, 0.15) is 0 Å². The van der Waals surface area contributed by atoms with Crippen LogP contribution in [0.3, 0.4) is 0 Å². The fraction of sp³-hybridized carbons (Fsp3) is 0.278. The van der Waals surface area contributed by atoms with Crippen LogP contribution in [0, 0.1) is 6.92 Å². The lowest BCUT2D eigenvalue weighted by Gasteiger charge is -2.12. The molecule has 0 unspecified atom stereocenters. The van der Waals surface area contributed by atoms with E-state index in [1.165, 1.54) is 5.56 Å². The Hall–Kier alpha value is -2.40. The third-order valence-corrected chi connectivity index (χ3v) is 3.61. The molecular formula is C18H22ClN3O2. The summed E-state index contributed by atoms with van der Waals surface area (Å²) in [5, 5.41) is 3.55. The molecule has 0 saturated heterocycles. The third-order valence-electron chi connectivity index (χ3n) is 3.33. The molecule has 0 aliphatic heterocycles. The molecule has 128 valence electrons. The number of guanidine groups is 1. The number of nitrogens with two attached hydrogens (primary N) is 1. The molecule has 0 atom stereocenters. The fourth-order valence-corrected chi connectivity index (χ4v) is 2.44. The molecule has 2 aromatic carbocycles. The Morgan fingerprint density at radius 2 is 1.96 bits per heavy atom. The average Bonchev–Trinajstić information content (AvgIpc) is 2.57. The van der Waals surface area contributed by atoms with Gasteiger partial charge < -0.3 is 20.5 Å². The zero-order valence-electron chi connectivity index (χ0n) is 14.1. The van der Waals surface area contributed by atoms with Crippen LogP contribution in [0.1, 0.15) is 18.1 Å². The maximum Gasteiger partial charge on any atom is 0.193 e. The van der Waals surface area contributed by atoms with Crippen molar-refractivity contribution in [2.24, 2.45) is 10.7 Å². The van der Waals surface area contributed by atoms with E-state index in [0.717, 1.165) is 11.3 Å². The number of aliphatic imine (C=N–C) groups is 1. The van der Waals surface area contributed by atoms with Crippen molar-refractivity contribution >= 4 is 23.2 Å². The largest absolute Gasteiger partial charge is 0.493 e. The van der Waals surface area contributed by atoms with Crippen molar-refractivity contribution < 1.29 is 9.47 Å². The Morgan fingerprint density at radius 3 is 2.58 bits per heavy atom. The molecule has 0 amide bonds. The lowest BCUT2D eigenvalue weighted by atomic mass is 10.2. The van der Waals surface area contributed by atoms with E-state index in [-0.39, 0.29) is 0 Å². The third kappa shape index (κ3) is 4.80. The Balaban J connectivity index is 2.09. The summed E-state index contributed by atoms with van der Waals surface area (Å²) in [4.78, 5) is 4.33. The Morgan fingerprint density at radius 1 is 1.25 bits per heavy atom. The maximum absolute atomic E-state index is 6.25. The van der Waals surface area contributed by atoms with Gasteiger partial charge in [-0.1, -0.05) is 29.3 Å². The minimum absolute atomic E-state index is 0.336. The van der Waals surface area contributed by atoms with E-state index in [2.05, 4.69) is 10.3 Å². The van der Waals surface area contributed by atoms with Gasteiger partial charge in [-0.05, 0) is 43.7 Å². The second-order valence-corrected chi connectivity index (χ2v) is 5.64. The van der Waals surface area contributed by atoms with Crippen molar-refractivity contribution in [2.45, 2.75) is 20.4 Å². The lowest BCUT2D eigenvalue weighted by Crippen LogP contribution is -2.22. The summed E-state index contributed by atoms with van der Waals surface area (Å²) in [7, 11) is 1.58. The first-order chi connectivity index (χ1) is 11.5. The molecule has 0 heterocycles. The molecule has 0 spiro atoms. The van der Waals surface area contributed by atoms with Gasteiger partial charge in [-0.2, -0.15) is 0 Å². The fourth-order valence-electron chi connectivity index (χ4n) is 2.15. The molecule has 0 aliphatic carbocycles. The first-order valence-corrected chi connectivity index (χ1v) is 8.04. The molecule has 3 N–H and O–H groups in total. The molecule has 0 fully saturated rings. The van der Waals surface area contributed by atoms with Crippen LogP contribution >= 0.6 is 11.6 Å². The minimum Gasteiger partial charge on any atom is -0.493 e. The van der Waals surface area contributed by atoms with Gasteiger partial charge >= 0.3 is 0 Å². The van der Waals surface area contributed by atoms with Crippen LogP contribution in [0.25, 0.3) is 0 Å². The molecule has 0 aromatic heterocycles. The Kier molecular flexibility index (Phi) is 6.32. The standard InChI is InChI=1S/C18H22ClN3O2/c1-4-24-17-15(19)9-13(10-16(17)23-3)11-21-18(20)22-14-7-5-12(2)6-8-14/h5-10H,4,11H2,1-3H3,(H3,20,21,22). The summed E-state index contributed by atoms with van der Waals surface area (Å²) in [5.41, 5.74) is 8.89. The van der Waals surface area contributed by atoms with Gasteiger partial charge in [0.25, 0.3) is 0 Å². The van der Waals surface area contributed by atoms with E-state index in [1.807, 2.05) is 44.2 Å². The van der Waals surface area contributed by atoms with Gasteiger partial charge in [-0.3, -0.25) is 0 Å². The summed E-state index contributed by atoms with van der Waals surface area (Å²) in [6.45, 7) is 4.82. The van der Waals surface area contributed by atoms with Crippen molar-refractivity contribution in [1.82, 2.24) is 0 Å². The highest BCUT2D eigenvalue weighted by molar-refractivity contribution is 6.32. The van der Waals surface area contributed by atoms with Crippen LogP contribution in [0.15, 0.2) is 41.4 Å². The normalized spacial score (nSPS) is 11.2. The number of halogens is 1. The highest BCUT2D eigenvalue weighted by Gasteiger charge is 2.11. The molecule has 0 aliphatic rings. The van der Waals surface area contributed by atoms with E-state index < -0.39 is 0 Å². The molecule has 0 bridgehead atoms. The molecule has 2 aromatic rings. The van der Waals surface area contributed by atoms with Crippen molar-refractivity contribution in [1.29, 1.82) is 0 Å². The van der Waals surface area contributed by atoms with Crippen LogP contribution in [0.4, 0.5) is 5.69 Å². The van der Waals surface area contributed by atoms with Gasteiger partial charge in [0.15, 0.2) is 17.5 Å². The van der Waals surface area contributed by atoms with E-state index in [1.54, 1.807) is 13.2 Å². The molecule has 24 heavy (non-hydrogen) atoms. The maximum atomic E-state index is 6.25. The number of methoxy groups -OCH3 is 1. The van der Waals surface area contributed by atoms with Crippen LogP contribution in [-0.4, -0.2) is 19.7 Å². The predicted molar refractivity (Wildman–Crippen MR) is 99.3 cm³/mol. The smallest absolute Gasteiger partial charge is 0.193 e. The van der Waals surface area contributed by atoms with E-state index in [0.29, 0.717) is 35.6 Å². The number of hydrogen-bond donors (Lipinski definition) is 2. The van der Waals surface area contributed by atoms with E-state index >= 15 is 0 Å². The average molecular weight is 348 g/mol. The number of benzene rings is 2. The highest BCUT2D eigenvalue weighted by Crippen LogP contribution is 2.36. The number of ether oxygens (including phenoxy) is 2. The van der Waals surface area contributed by atoms with Gasteiger partial charge in [0.2, 0.25) is 0 Å². The number of aryl methyl sites for hydroxylation is 1. The number of nitrogens with one attached hydrogen (secondary N) is 1. The van der Waals surface area contributed by atoms with Crippen molar-refractivity contribution in [3.05, 3.63) is 52.5 Å². The Bertz CT molecular complexity index is 715. The van der Waals surface area contributed by atoms with Crippen molar-refractivity contribution in [3.8, 4) is 11.5 Å². The van der Waals surface area contributed by atoms with Gasteiger partial charge in [0, 0.05) is 5.69 Å². The zero-order valence-corrected chi connectivity index (χ0v) is 14.9. The second-order valence-electron chi connectivity index (χ2n) is 5.23. The van der Waals surface area contributed by atoms with E-state index in [4.69, 9.17) is 26.8 Å². The SMILES string of the molecule is CCOc1c(Cl)cc(CN=C(N)Nc2ccc(C)cc2)cc1OC. The van der Waals surface area contributed by atoms with Crippen LogP contribution < -0.4 is 20.5 Å². The topological polar surface area (TPSA) is 68.9 Å². The molecule has 0 saturated carbocycles. The molecule has 5 nitrogen and oxygen atoms in total. The molecule has 0 radical (unpaired) electrons. The van der Waals surface area contributed by atoms with Crippen LogP contribution in [-0.2, 0) is 6.54 Å². The lowest BCUT2D eigenvalue weighted by molar-refractivity contribution is 0.311. The first-order valence-electron chi connectivity index (χ1n) is 7.66. The number of nitrogens with zero attached hydrogens (tertiary/aromatic N) is 1. The summed E-state index contributed by atoms with van der Waals surface area (Å²) >= 11 is 6.25. The predicted octanol–water partition coefficient (Wildman–Crippen LogP) is 3.98. The second kappa shape index (κ2) is 8.45. The number of anilines is 1. The van der Waals surface area contributed by atoms with Crippen molar-refractivity contribution in [2.75, 3.05) is 19.0 Å². The Labute approximate surface area is 147 Å². The number of hydrogen-bond acceptors (Lipinski definition) is 3. The molecular weight excluding hydrogens is 326 g/mol. The summed E-state index contributed by atoms with van der Waals surface area (Å²) in [6, 6.07) is 11.6. The monoisotopic (exact) mass is 347 g/mol. The zero-order chi connectivity index (χ0) is 17.5. The highest BCUT2D eigenvalue weighted by atomic mass is 35.5. The summed E-state index contributed by atoms with van der Waals surface area (Å²) < 4.78 is 10.8. The van der Waals surface area contributed by atoms with E-state index in [9.17, 15) is 0 Å². The van der Waals surface area contributed by atoms with Crippen LogP contribution in [0.2, 0.25) is 5.02 Å². The van der Waals surface area contributed by atoms with Gasteiger partial charge in [-0.15, -0.1) is 0 Å². The molecule has 2 rings (SSSR count). The van der Waals surface area contributed by atoms with Crippen molar-refractivity contribution in [3.63, 3.8) is 0 Å². The van der Waals surface area contributed by atoms with Gasteiger partial charge in [-0.25, -0.2) is 4.99 Å². The summed E-state index contributed by atoms with van der Waals surface area (Å²) in [5.74, 6) is 1.46. The molecule has 6 heteroatoms. The number of rotatable bonds is 6. The minimum atomic E-state index is 0.336. The van der Waals surface area contributed by atoms with Crippen LogP contribution in [0.5, 0.6) is 11.5 Å². The van der Waals surface area contributed by atoms with Gasteiger partial charge in [0.05, 0.1) is 25.3 Å². The first kappa shape index (κ1) is 17.9.